The van der Waals surface area contributed by atoms with E-state index in [-0.39, 0.29) is 6.54 Å². The third kappa shape index (κ3) is 1.56. The summed E-state index contributed by atoms with van der Waals surface area (Å²) in [5, 5.41) is 8.89. The normalized spacial score (nSPS) is 26.5. The van der Waals surface area contributed by atoms with Crippen LogP contribution in [0, 0.1) is 0 Å². The maximum absolute atomic E-state index is 11.5. The monoisotopic (exact) mass is 224 g/mol. The fourth-order valence-corrected chi connectivity index (χ4v) is 2.70. The molecule has 1 N–H and O–H groups in total. The number of carbonyl (C=O) groups is 1. The number of nitrogens with zero attached hydrogens (tertiary/aromatic N) is 2. The van der Waals surface area contributed by atoms with Crippen molar-refractivity contribution < 1.29 is 23.1 Å². The zero-order valence-corrected chi connectivity index (χ0v) is 8.69. The second kappa shape index (κ2) is 3.71. The van der Waals surface area contributed by atoms with Gasteiger partial charge in [0, 0.05) is 13.6 Å². The van der Waals surface area contributed by atoms with Crippen LogP contribution in [-0.2, 0) is 14.9 Å². The van der Waals surface area contributed by atoms with E-state index in [9.17, 15) is 13.2 Å². The van der Waals surface area contributed by atoms with Gasteiger partial charge >= 0.3 is 16.3 Å². The highest BCUT2D eigenvalue weighted by atomic mass is 32.2. The first-order chi connectivity index (χ1) is 6.45. The standard InChI is InChI=1S/C6H12N2O5S/c1-7-3-5(4-9)8(6(10)13-2)14(7,11)12/h5,9H,3-4H2,1-2H3. The first-order valence-corrected chi connectivity index (χ1v) is 5.29. The molecule has 1 amide bonds. The molecule has 0 radical (unpaired) electrons. The van der Waals surface area contributed by atoms with Gasteiger partial charge in [0.05, 0.1) is 19.8 Å². The van der Waals surface area contributed by atoms with E-state index < -0.39 is 29.0 Å². The Labute approximate surface area is 82.0 Å². The summed E-state index contributed by atoms with van der Waals surface area (Å²) in [5.74, 6) is 0. The van der Waals surface area contributed by atoms with Crippen molar-refractivity contribution in [3.63, 3.8) is 0 Å². The number of rotatable bonds is 1. The summed E-state index contributed by atoms with van der Waals surface area (Å²) >= 11 is 0. The predicted molar refractivity (Wildman–Crippen MR) is 46.7 cm³/mol. The Balaban J connectivity index is 3.04. The first-order valence-electron chi connectivity index (χ1n) is 3.89. The van der Waals surface area contributed by atoms with Crippen molar-refractivity contribution in [1.82, 2.24) is 8.61 Å². The number of hydrogen-bond acceptors (Lipinski definition) is 5. The molecule has 82 valence electrons. The van der Waals surface area contributed by atoms with Crippen molar-refractivity contribution in [1.29, 1.82) is 0 Å². The van der Waals surface area contributed by atoms with Crippen molar-refractivity contribution in [3.05, 3.63) is 0 Å². The number of carbonyl (C=O) groups excluding carboxylic acids is 1. The lowest BCUT2D eigenvalue weighted by atomic mass is 10.3. The highest BCUT2D eigenvalue weighted by Crippen LogP contribution is 2.21. The number of aliphatic hydroxyl groups excluding tert-OH is 1. The zero-order valence-electron chi connectivity index (χ0n) is 7.87. The molecular weight excluding hydrogens is 212 g/mol. The Morgan fingerprint density at radius 1 is 1.64 bits per heavy atom. The summed E-state index contributed by atoms with van der Waals surface area (Å²) in [7, 11) is -1.38. The Bertz CT molecular complexity index is 327. The van der Waals surface area contributed by atoms with E-state index in [1.807, 2.05) is 0 Å². The van der Waals surface area contributed by atoms with Gasteiger partial charge in [-0.2, -0.15) is 17.0 Å². The van der Waals surface area contributed by atoms with E-state index in [1.54, 1.807) is 0 Å². The maximum Gasteiger partial charge on any atom is 0.424 e. The number of amides is 1. The fourth-order valence-electron chi connectivity index (χ4n) is 1.27. The topological polar surface area (TPSA) is 87.2 Å². The molecule has 1 heterocycles. The highest BCUT2D eigenvalue weighted by molar-refractivity contribution is 7.87. The van der Waals surface area contributed by atoms with Crippen LogP contribution in [-0.4, -0.2) is 61.6 Å². The third-order valence-corrected chi connectivity index (χ3v) is 3.89. The average Bonchev–Trinajstić information content (AvgIpc) is 2.37. The van der Waals surface area contributed by atoms with Gasteiger partial charge in [-0.25, -0.2) is 4.79 Å². The molecule has 1 unspecified atom stereocenters. The van der Waals surface area contributed by atoms with Gasteiger partial charge in [-0.15, -0.1) is 0 Å². The molecule has 0 aliphatic carbocycles. The molecule has 0 spiro atoms. The molecule has 1 rings (SSSR count). The minimum Gasteiger partial charge on any atom is -0.452 e. The van der Waals surface area contributed by atoms with Crippen LogP contribution in [0.1, 0.15) is 0 Å². The largest absolute Gasteiger partial charge is 0.452 e. The van der Waals surface area contributed by atoms with Crippen LogP contribution in [0.2, 0.25) is 0 Å². The van der Waals surface area contributed by atoms with Gasteiger partial charge in [-0.05, 0) is 0 Å². The number of hydrogen-bond donors (Lipinski definition) is 1. The summed E-state index contributed by atoms with van der Waals surface area (Å²) in [4.78, 5) is 11.1. The minimum atomic E-state index is -3.81. The molecule has 1 aliphatic heterocycles. The summed E-state index contributed by atoms with van der Waals surface area (Å²) in [6.07, 6.45) is -0.978. The molecule has 0 aromatic heterocycles. The summed E-state index contributed by atoms with van der Waals surface area (Å²) in [5.41, 5.74) is 0. The molecule has 14 heavy (non-hydrogen) atoms. The highest BCUT2D eigenvalue weighted by Gasteiger charge is 2.45. The van der Waals surface area contributed by atoms with Gasteiger partial charge < -0.3 is 9.84 Å². The average molecular weight is 224 g/mol. The second-order valence-electron chi connectivity index (χ2n) is 2.89. The molecule has 7 nitrogen and oxygen atoms in total. The molecule has 1 fully saturated rings. The molecular formula is C6H12N2O5S. The number of likely N-dealkylation sites (N-methyl/N-ethyl adjacent to an activating group) is 1. The molecule has 0 saturated carbocycles. The van der Waals surface area contributed by atoms with Crippen LogP contribution in [0.15, 0.2) is 0 Å². The van der Waals surface area contributed by atoms with Crippen LogP contribution in [0.4, 0.5) is 4.79 Å². The predicted octanol–water partition coefficient (Wildman–Crippen LogP) is -1.39. The minimum absolute atomic E-state index is 0.0773. The SMILES string of the molecule is COC(=O)N1C(CO)CN(C)S1(=O)=O. The number of aliphatic hydroxyl groups is 1. The Morgan fingerprint density at radius 3 is 2.64 bits per heavy atom. The van der Waals surface area contributed by atoms with Crippen LogP contribution >= 0.6 is 0 Å². The van der Waals surface area contributed by atoms with E-state index in [0.717, 1.165) is 11.4 Å². The zero-order chi connectivity index (χ0) is 10.9. The van der Waals surface area contributed by atoms with Crippen LogP contribution in [0.5, 0.6) is 0 Å². The van der Waals surface area contributed by atoms with Gasteiger partial charge in [-0.1, -0.05) is 0 Å². The van der Waals surface area contributed by atoms with Crippen LogP contribution in [0.25, 0.3) is 0 Å². The van der Waals surface area contributed by atoms with E-state index in [2.05, 4.69) is 4.74 Å². The Morgan fingerprint density at radius 2 is 2.21 bits per heavy atom. The van der Waals surface area contributed by atoms with Crippen molar-refractivity contribution in [3.8, 4) is 0 Å². The molecule has 0 aromatic rings. The smallest absolute Gasteiger partial charge is 0.424 e. The van der Waals surface area contributed by atoms with Crippen LogP contribution < -0.4 is 0 Å². The third-order valence-electron chi connectivity index (χ3n) is 2.01. The van der Waals surface area contributed by atoms with Crippen LogP contribution in [0.3, 0.4) is 0 Å². The van der Waals surface area contributed by atoms with Gasteiger partial charge in [0.1, 0.15) is 0 Å². The molecule has 8 heteroatoms. The molecule has 1 atom stereocenters. The molecule has 1 aliphatic rings. The number of ether oxygens (including phenoxy) is 1. The lowest BCUT2D eigenvalue weighted by molar-refractivity contribution is 0.127. The van der Waals surface area contributed by atoms with Gasteiger partial charge in [0.15, 0.2) is 0 Å². The first kappa shape index (κ1) is 11.2. The van der Waals surface area contributed by atoms with Crippen molar-refractivity contribution in [2.24, 2.45) is 0 Å². The van der Waals surface area contributed by atoms with E-state index in [4.69, 9.17) is 5.11 Å². The lowest BCUT2D eigenvalue weighted by Gasteiger charge is -2.18. The summed E-state index contributed by atoms with van der Waals surface area (Å²) in [6.45, 7) is -0.341. The Hall–Kier alpha value is -0.860. The maximum atomic E-state index is 11.5. The van der Waals surface area contributed by atoms with Gasteiger partial charge in [0.25, 0.3) is 0 Å². The summed E-state index contributed by atoms with van der Waals surface area (Å²) < 4.78 is 28.9. The van der Waals surface area contributed by atoms with E-state index in [1.165, 1.54) is 7.05 Å². The van der Waals surface area contributed by atoms with E-state index in [0.29, 0.717) is 4.31 Å². The molecule has 0 bridgehead atoms. The fraction of sp³-hybridized carbons (Fsp3) is 0.833. The lowest BCUT2D eigenvalue weighted by Crippen LogP contribution is -2.41. The number of methoxy groups -OCH3 is 1. The quantitative estimate of drug-likeness (QED) is 0.592. The second-order valence-corrected chi connectivity index (χ2v) is 4.80. The van der Waals surface area contributed by atoms with Crippen molar-refractivity contribution in [2.45, 2.75) is 6.04 Å². The van der Waals surface area contributed by atoms with E-state index >= 15 is 0 Å². The molecule has 1 saturated heterocycles. The van der Waals surface area contributed by atoms with Gasteiger partial charge in [-0.3, -0.25) is 0 Å². The van der Waals surface area contributed by atoms with Gasteiger partial charge in [0.2, 0.25) is 0 Å². The molecule has 0 aromatic carbocycles. The summed E-state index contributed by atoms with van der Waals surface area (Å²) in [6, 6.07) is -0.766. The van der Waals surface area contributed by atoms with Crippen molar-refractivity contribution >= 4 is 16.3 Å². The Kier molecular flexibility index (Phi) is 2.98. The van der Waals surface area contributed by atoms with Crippen molar-refractivity contribution in [2.75, 3.05) is 27.3 Å².